The molecule has 5 rings (SSSR count). The van der Waals surface area contributed by atoms with Crippen LogP contribution in [0.15, 0.2) is 72.8 Å². The van der Waals surface area contributed by atoms with E-state index < -0.39 is 69.0 Å². The van der Waals surface area contributed by atoms with Crippen LogP contribution in [-0.2, 0) is 12.4 Å². The van der Waals surface area contributed by atoms with Crippen LogP contribution in [-0.4, -0.2) is 30.0 Å². The van der Waals surface area contributed by atoms with Crippen LogP contribution < -0.4 is 15.4 Å². The minimum Gasteiger partial charge on any atom is -0.496 e. The molecule has 0 bridgehead atoms. The number of anilines is 2. The van der Waals surface area contributed by atoms with Crippen molar-refractivity contribution >= 4 is 50.6 Å². The van der Waals surface area contributed by atoms with Crippen LogP contribution >= 0.6 is 11.3 Å². The third-order valence-corrected chi connectivity index (χ3v) is 8.12. The van der Waals surface area contributed by atoms with E-state index in [2.05, 4.69) is 10.6 Å². The molecule has 0 aliphatic rings. The summed E-state index contributed by atoms with van der Waals surface area (Å²) in [6.45, 7) is 0. The third kappa shape index (κ3) is 6.78. The van der Waals surface area contributed by atoms with Gasteiger partial charge in [0, 0.05) is 15.8 Å². The number of alkyl halides is 6. The van der Waals surface area contributed by atoms with Gasteiger partial charge in [0.1, 0.15) is 22.3 Å². The Kier molecular flexibility index (Phi) is 8.88. The van der Waals surface area contributed by atoms with Crippen LogP contribution in [0, 0.1) is 11.6 Å². The largest absolute Gasteiger partial charge is 0.496 e. The molecule has 5 aromatic rings. The quantitative estimate of drug-likeness (QED) is 0.148. The number of halogens is 8. The number of thiophene rings is 1. The molecule has 1 heterocycles. The molecule has 2 amide bonds. The van der Waals surface area contributed by atoms with Gasteiger partial charge in [-0.2, -0.15) is 26.3 Å². The Morgan fingerprint density at radius 1 is 0.729 bits per heavy atom. The van der Waals surface area contributed by atoms with E-state index in [-0.39, 0.29) is 38.2 Å². The van der Waals surface area contributed by atoms with E-state index in [9.17, 15) is 54.6 Å². The minimum atomic E-state index is -5.10. The molecule has 0 saturated carbocycles. The second-order valence-electron chi connectivity index (χ2n) is 10.0. The fraction of sp³-hybridized carbons (Fsp3) is 0.0938. The SMILES string of the molecule is COc1ccc(-c2ccc(F)c(C(=O)O)c2)cc1C(=O)Nc1c(C(=O)Nc2ccc(F)c(C(F)(F)F)c2)sc2cc(C(F)(F)F)ccc12. The number of carboxylic acids is 1. The number of aromatic carboxylic acids is 1. The molecule has 0 spiro atoms. The monoisotopic (exact) mass is 694 g/mol. The number of benzene rings is 4. The van der Waals surface area contributed by atoms with Crippen molar-refractivity contribution in [2.75, 3.05) is 17.7 Å². The zero-order valence-corrected chi connectivity index (χ0v) is 24.8. The van der Waals surface area contributed by atoms with Crippen molar-refractivity contribution in [1.82, 2.24) is 0 Å². The van der Waals surface area contributed by atoms with E-state index in [1.165, 1.54) is 31.4 Å². The maximum absolute atomic E-state index is 14.0. The van der Waals surface area contributed by atoms with Crippen molar-refractivity contribution < 1.29 is 59.4 Å². The number of nitrogens with one attached hydrogen (secondary N) is 2. The van der Waals surface area contributed by atoms with E-state index in [1.54, 1.807) is 0 Å². The highest BCUT2D eigenvalue weighted by Gasteiger charge is 2.35. The second-order valence-corrected chi connectivity index (χ2v) is 11.1. The maximum atomic E-state index is 14.0. The maximum Gasteiger partial charge on any atom is 0.419 e. The first-order valence-electron chi connectivity index (χ1n) is 13.3. The van der Waals surface area contributed by atoms with E-state index in [1.807, 2.05) is 0 Å². The normalized spacial score (nSPS) is 11.8. The van der Waals surface area contributed by atoms with Gasteiger partial charge in [0.2, 0.25) is 0 Å². The molecule has 0 radical (unpaired) electrons. The lowest BCUT2D eigenvalue weighted by molar-refractivity contribution is -0.140. The van der Waals surface area contributed by atoms with Crippen molar-refractivity contribution in [3.63, 3.8) is 0 Å². The summed E-state index contributed by atoms with van der Waals surface area (Å²) < 4.78 is 113. The van der Waals surface area contributed by atoms with Crippen molar-refractivity contribution in [3.8, 4) is 16.9 Å². The Hall–Kier alpha value is -5.51. The number of methoxy groups -OCH3 is 1. The number of hydrogen-bond acceptors (Lipinski definition) is 5. The molecule has 0 atom stereocenters. The highest BCUT2D eigenvalue weighted by Crippen LogP contribution is 2.41. The number of ether oxygens (including phenoxy) is 1. The summed E-state index contributed by atoms with van der Waals surface area (Å²) in [7, 11) is 1.22. The summed E-state index contributed by atoms with van der Waals surface area (Å²) in [5.41, 5.74) is -3.95. The van der Waals surface area contributed by atoms with Crippen LogP contribution in [0.1, 0.15) is 41.5 Å². The van der Waals surface area contributed by atoms with Crippen LogP contribution in [0.25, 0.3) is 21.2 Å². The molecule has 1 aromatic heterocycles. The van der Waals surface area contributed by atoms with Crippen molar-refractivity contribution in [2.45, 2.75) is 12.4 Å². The van der Waals surface area contributed by atoms with Gasteiger partial charge in [0.05, 0.1) is 35.1 Å². The molecule has 0 aliphatic carbocycles. The molecule has 4 aromatic carbocycles. The lowest BCUT2D eigenvalue weighted by Crippen LogP contribution is -2.18. The number of fused-ring (bicyclic) bond motifs is 1. The van der Waals surface area contributed by atoms with Gasteiger partial charge in [0.15, 0.2) is 0 Å². The van der Waals surface area contributed by atoms with Crippen molar-refractivity contribution in [3.05, 3.63) is 112 Å². The number of rotatable bonds is 7. The molecule has 248 valence electrons. The molecular formula is C32H18F8N2O5S. The van der Waals surface area contributed by atoms with Gasteiger partial charge in [-0.15, -0.1) is 11.3 Å². The average Bonchev–Trinajstić information content (AvgIpc) is 3.38. The van der Waals surface area contributed by atoms with Gasteiger partial charge in [-0.1, -0.05) is 18.2 Å². The standard InChI is InChI=1S/C32H18F8N2O5S/c1-47-24-9-3-15(14-2-7-22(33)19(10-14)30(45)46)11-20(24)28(43)42-26-18-6-4-16(31(35,36)37)12-25(18)48-27(26)29(44)41-17-5-8-23(34)21(13-17)32(38,39)40/h2-13H,1H3,(H,41,44)(H,42,43)(H,45,46). The van der Waals surface area contributed by atoms with E-state index in [4.69, 9.17) is 4.74 Å². The predicted octanol–water partition coefficient (Wildman–Crippen LogP) is 9.10. The molecule has 48 heavy (non-hydrogen) atoms. The molecule has 0 fully saturated rings. The summed E-state index contributed by atoms with van der Waals surface area (Å²) in [6, 6.07) is 11.4. The van der Waals surface area contributed by atoms with Crippen molar-refractivity contribution in [2.24, 2.45) is 0 Å². The average molecular weight is 695 g/mol. The van der Waals surface area contributed by atoms with E-state index in [0.717, 1.165) is 30.3 Å². The molecule has 0 unspecified atom stereocenters. The number of amides is 2. The number of carboxylic acid groups (broad SMARTS) is 1. The Morgan fingerprint density at radius 2 is 1.38 bits per heavy atom. The molecule has 3 N–H and O–H groups in total. The summed E-state index contributed by atoms with van der Waals surface area (Å²) >= 11 is 0.502. The summed E-state index contributed by atoms with van der Waals surface area (Å²) in [5.74, 6) is -6.26. The smallest absolute Gasteiger partial charge is 0.419 e. The van der Waals surface area contributed by atoms with Crippen LogP contribution in [0.5, 0.6) is 5.75 Å². The zero-order valence-electron chi connectivity index (χ0n) is 23.9. The Labute approximate surface area is 268 Å². The summed E-state index contributed by atoms with van der Waals surface area (Å²) in [6.07, 6.45) is -9.88. The Bertz CT molecular complexity index is 2110. The van der Waals surface area contributed by atoms with Gasteiger partial charge in [-0.25, -0.2) is 13.6 Å². The fourth-order valence-corrected chi connectivity index (χ4v) is 5.77. The first kappa shape index (κ1) is 33.8. The van der Waals surface area contributed by atoms with E-state index in [0.29, 0.717) is 29.5 Å². The highest BCUT2D eigenvalue weighted by molar-refractivity contribution is 7.21. The van der Waals surface area contributed by atoms with Crippen LogP contribution in [0.3, 0.4) is 0 Å². The third-order valence-electron chi connectivity index (χ3n) is 6.97. The minimum absolute atomic E-state index is 0.0206. The topological polar surface area (TPSA) is 105 Å². The van der Waals surface area contributed by atoms with E-state index >= 15 is 0 Å². The fourth-order valence-electron chi connectivity index (χ4n) is 4.68. The van der Waals surface area contributed by atoms with Gasteiger partial charge in [-0.05, 0) is 65.7 Å². The second kappa shape index (κ2) is 12.6. The first-order valence-corrected chi connectivity index (χ1v) is 14.1. The summed E-state index contributed by atoms with van der Waals surface area (Å²) in [5, 5.41) is 13.9. The number of carbonyl (C=O) groups is 3. The molecular weight excluding hydrogens is 676 g/mol. The Balaban J connectivity index is 1.58. The Morgan fingerprint density at radius 3 is 2.00 bits per heavy atom. The molecule has 16 heteroatoms. The predicted molar refractivity (Wildman–Crippen MR) is 159 cm³/mol. The molecule has 7 nitrogen and oxygen atoms in total. The van der Waals surface area contributed by atoms with Crippen molar-refractivity contribution in [1.29, 1.82) is 0 Å². The van der Waals surface area contributed by atoms with Crippen LogP contribution in [0.4, 0.5) is 46.5 Å². The van der Waals surface area contributed by atoms with Crippen LogP contribution in [0.2, 0.25) is 0 Å². The van der Waals surface area contributed by atoms with Gasteiger partial charge in [-0.3, -0.25) is 9.59 Å². The van der Waals surface area contributed by atoms with Gasteiger partial charge >= 0.3 is 18.3 Å². The van der Waals surface area contributed by atoms with Gasteiger partial charge in [0.25, 0.3) is 11.8 Å². The lowest BCUT2D eigenvalue weighted by atomic mass is 9.99. The number of hydrogen-bond donors (Lipinski definition) is 3. The van der Waals surface area contributed by atoms with Gasteiger partial charge < -0.3 is 20.5 Å². The summed E-state index contributed by atoms with van der Waals surface area (Å²) in [4.78, 5) is 38.1. The number of carbonyl (C=O) groups excluding carboxylic acids is 2. The highest BCUT2D eigenvalue weighted by atomic mass is 32.1. The molecule has 0 aliphatic heterocycles. The molecule has 0 saturated heterocycles. The zero-order chi connectivity index (χ0) is 35.1. The lowest BCUT2D eigenvalue weighted by Gasteiger charge is -2.14. The first-order chi connectivity index (χ1) is 22.5.